The quantitative estimate of drug-likeness (QED) is 0.757. The van der Waals surface area contributed by atoms with Crippen LogP contribution in [0.5, 0.6) is 0 Å². The molecule has 0 aromatic rings. The Labute approximate surface area is 98.9 Å². The molecular formula is C13H25NO2. The second-order valence-electron chi connectivity index (χ2n) is 4.71. The van der Waals surface area contributed by atoms with Crippen LogP contribution >= 0.6 is 0 Å². The topological polar surface area (TPSA) is 38.3 Å². The Kier molecular flexibility index (Phi) is 6.46. The van der Waals surface area contributed by atoms with Crippen molar-refractivity contribution in [2.45, 2.75) is 58.4 Å². The van der Waals surface area contributed by atoms with Crippen molar-refractivity contribution < 1.29 is 9.53 Å². The second-order valence-corrected chi connectivity index (χ2v) is 4.71. The van der Waals surface area contributed by atoms with Crippen LogP contribution in [-0.2, 0) is 9.53 Å². The van der Waals surface area contributed by atoms with Crippen molar-refractivity contribution in [3.8, 4) is 0 Å². The standard InChI is InChI=1S/C13H25NO2/c1-3-5-11-6-8-12(9-7-11)14-13(15)10-16-4-2/h11-12H,3-10H2,1-2H3,(H,14,15). The maximum atomic E-state index is 11.4. The molecule has 0 radical (unpaired) electrons. The maximum absolute atomic E-state index is 11.4. The van der Waals surface area contributed by atoms with E-state index in [1.807, 2.05) is 6.92 Å². The molecule has 94 valence electrons. The van der Waals surface area contributed by atoms with Crippen LogP contribution < -0.4 is 5.32 Å². The molecule has 3 heteroatoms. The van der Waals surface area contributed by atoms with Crippen molar-refractivity contribution >= 4 is 5.91 Å². The second kappa shape index (κ2) is 7.66. The van der Waals surface area contributed by atoms with Gasteiger partial charge >= 0.3 is 0 Å². The summed E-state index contributed by atoms with van der Waals surface area (Å²) in [4.78, 5) is 11.4. The van der Waals surface area contributed by atoms with Crippen LogP contribution in [0.2, 0.25) is 0 Å². The first kappa shape index (κ1) is 13.5. The predicted molar refractivity (Wildman–Crippen MR) is 65.3 cm³/mol. The van der Waals surface area contributed by atoms with Gasteiger partial charge in [-0.15, -0.1) is 0 Å². The molecule has 3 nitrogen and oxygen atoms in total. The van der Waals surface area contributed by atoms with Gasteiger partial charge in [-0.05, 0) is 38.5 Å². The number of rotatable bonds is 6. The summed E-state index contributed by atoms with van der Waals surface area (Å²) in [5.41, 5.74) is 0. The fourth-order valence-electron chi connectivity index (χ4n) is 2.47. The van der Waals surface area contributed by atoms with Crippen molar-refractivity contribution in [1.29, 1.82) is 0 Å². The summed E-state index contributed by atoms with van der Waals surface area (Å²) in [5.74, 6) is 0.936. The van der Waals surface area contributed by atoms with Gasteiger partial charge in [0.2, 0.25) is 5.91 Å². The van der Waals surface area contributed by atoms with Gasteiger partial charge in [0.15, 0.2) is 0 Å². The van der Waals surface area contributed by atoms with Crippen molar-refractivity contribution in [1.82, 2.24) is 5.32 Å². The molecule has 0 bridgehead atoms. The first-order chi connectivity index (χ1) is 7.76. The smallest absolute Gasteiger partial charge is 0.246 e. The van der Waals surface area contributed by atoms with E-state index in [2.05, 4.69) is 12.2 Å². The Hall–Kier alpha value is -0.570. The van der Waals surface area contributed by atoms with Crippen molar-refractivity contribution in [2.24, 2.45) is 5.92 Å². The number of hydrogen-bond acceptors (Lipinski definition) is 2. The average Bonchev–Trinajstić information content (AvgIpc) is 2.29. The van der Waals surface area contributed by atoms with E-state index in [1.165, 1.54) is 25.7 Å². The summed E-state index contributed by atoms with van der Waals surface area (Å²) in [7, 11) is 0. The van der Waals surface area contributed by atoms with Crippen molar-refractivity contribution in [3.05, 3.63) is 0 Å². The summed E-state index contributed by atoms with van der Waals surface area (Å²) in [5, 5.41) is 3.05. The third-order valence-corrected chi connectivity index (χ3v) is 3.35. The van der Waals surface area contributed by atoms with Gasteiger partial charge in [-0.25, -0.2) is 0 Å². The van der Waals surface area contributed by atoms with Gasteiger partial charge in [-0.1, -0.05) is 19.8 Å². The summed E-state index contributed by atoms with van der Waals surface area (Å²) in [6, 6.07) is 0.390. The molecule has 0 heterocycles. The maximum Gasteiger partial charge on any atom is 0.246 e. The van der Waals surface area contributed by atoms with E-state index in [1.54, 1.807) is 0 Å². The van der Waals surface area contributed by atoms with E-state index < -0.39 is 0 Å². The van der Waals surface area contributed by atoms with Crippen LogP contribution in [-0.4, -0.2) is 25.2 Å². The third kappa shape index (κ3) is 4.97. The molecular weight excluding hydrogens is 202 g/mol. The molecule has 1 N–H and O–H groups in total. The molecule has 0 aliphatic heterocycles. The zero-order chi connectivity index (χ0) is 11.8. The highest BCUT2D eigenvalue weighted by molar-refractivity contribution is 5.77. The molecule has 16 heavy (non-hydrogen) atoms. The lowest BCUT2D eigenvalue weighted by atomic mass is 9.83. The zero-order valence-electron chi connectivity index (χ0n) is 10.6. The first-order valence-electron chi connectivity index (χ1n) is 6.63. The van der Waals surface area contributed by atoms with Crippen LogP contribution in [0.1, 0.15) is 52.4 Å². The Morgan fingerprint density at radius 3 is 2.50 bits per heavy atom. The Bertz CT molecular complexity index is 198. The van der Waals surface area contributed by atoms with Gasteiger partial charge in [0, 0.05) is 12.6 Å². The number of ether oxygens (including phenoxy) is 1. The minimum Gasteiger partial charge on any atom is -0.372 e. The van der Waals surface area contributed by atoms with Gasteiger partial charge < -0.3 is 10.1 Å². The number of hydrogen-bond donors (Lipinski definition) is 1. The van der Waals surface area contributed by atoms with Gasteiger partial charge in [-0.2, -0.15) is 0 Å². The first-order valence-corrected chi connectivity index (χ1v) is 6.63. The zero-order valence-corrected chi connectivity index (χ0v) is 10.6. The van der Waals surface area contributed by atoms with Crippen LogP contribution in [0.4, 0.5) is 0 Å². The highest BCUT2D eigenvalue weighted by Gasteiger charge is 2.21. The van der Waals surface area contributed by atoms with E-state index in [0.717, 1.165) is 18.8 Å². The average molecular weight is 227 g/mol. The number of nitrogens with one attached hydrogen (secondary N) is 1. The largest absolute Gasteiger partial charge is 0.372 e. The fourth-order valence-corrected chi connectivity index (χ4v) is 2.47. The van der Waals surface area contributed by atoms with Gasteiger partial charge in [0.1, 0.15) is 6.61 Å². The lowest BCUT2D eigenvalue weighted by Crippen LogP contribution is -2.39. The molecule has 0 aromatic heterocycles. The Morgan fingerprint density at radius 1 is 1.25 bits per heavy atom. The molecule has 1 aliphatic rings. The molecule has 1 amide bonds. The molecule has 1 saturated carbocycles. The highest BCUT2D eigenvalue weighted by Crippen LogP contribution is 2.27. The van der Waals surface area contributed by atoms with Crippen LogP contribution in [0.25, 0.3) is 0 Å². The minimum atomic E-state index is 0.0424. The molecule has 1 rings (SSSR count). The molecule has 0 spiro atoms. The lowest BCUT2D eigenvalue weighted by molar-refractivity contribution is -0.126. The van der Waals surface area contributed by atoms with Gasteiger partial charge in [0.05, 0.1) is 0 Å². The van der Waals surface area contributed by atoms with Gasteiger partial charge in [-0.3, -0.25) is 4.79 Å². The number of carbonyl (C=O) groups is 1. The van der Waals surface area contributed by atoms with Crippen molar-refractivity contribution in [3.63, 3.8) is 0 Å². The monoisotopic (exact) mass is 227 g/mol. The van der Waals surface area contributed by atoms with E-state index in [-0.39, 0.29) is 12.5 Å². The minimum absolute atomic E-state index is 0.0424. The summed E-state index contributed by atoms with van der Waals surface area (Å²) >= 11 is 0. The molecule has 1 fully saturated rings. The summed E-state index contributed by atoms with van der Waals surface area (Å²) in [6.45, 7) is 4.97. The fraction of sp³-hybridized carbons (Fsp3) is 0.923. The SMILES string of the molecule is CCCC1CCC(NC(=O)COCC)CC1. The van der Waals surface area contributed by atoms with Crippen LogP contribution in [0.3, 0.4) is 0 Å². The Balaban J connectivity index is 2.14. The van der Waals surface area contributed by atoms with Crippen LogP contribution in [0, 0.1) is 5.92 Å². The van der Waals surface area contributed by atoms with E-state index in [0.29, 0.717) is 12.6 Å². The normalized spacial score (nSPS) is 25.4. The molecule has 0 unspecified atom stereocenters. The lowest BCUT2D eigenvalue weighted by Gasteiger charge is -2.28. The van der Waals surface area contributed by atoms with E-state index in [9.17, 15) is 4.79 Å². The number of amides is 1. The van der Waals surface area contributed by atoms with Gasteiger partial charge in [0.25, 0.3) is 0 Å². The third-order valence-electron chi connectivity index (χ3n) is 3.35. The highest BCUT2D eigenvalue weighted by atomic mass is 16.5. The van der Waals surface area contributed by atoms with E-state index >= 15 is 0 Å². The van der Waals surface area contributed by atoms with Crippen molar-refractivity contribution in [2.75, 3.05) is 13.2 Å². The molecule has 0 saturated heterocycles. The van der Waals surface area contributed by atoms with E-state index in [4.69, 9.17) is 4.74 Å². The summed E-state index contributed by atoms with van der Waals surface area (Å²) in [6.07, 6.45) is 7.46. The summed E-state index contributed by atoms with van der Waals surface area (Å²) < 4.78 is 5.08. The number of carbonyl (C=O) groups excluding carboxylic acids is 1. The molecule has 1 aliphatic carbocycles. The van der Waals surface area contributed by atoms with Crippen LogP contribution in [0.15, 0.2) is 0 Å². The molecule has 0 atom stereocenters. The molecule has 0 aromatic carbocycles. The predicted octanol–water partition coefficient (Wildman–Crippen LogP) is 2.50. The Morgan fingerprint density at radius 2 is 1.94 bits per heavy atom.